The van der Waals surface area contributed by atoms with Crippen molar-refractivity contribution in [2.24, 2.45) is 0 Å². The number of nitrogens with zero attached hydrogens (tertiary/aromatic N) is 2. The monoisotopic (exact) mass is 244 g/mol. The molecule has 0 unspecified atom stereocenters. The molecule has 0 atom stereocenters. The maximum atomic E-state index is 10.7. The fraction of sp³-hybridized carbons (Fsp3) is 0.500. The molecule has 13 heavy (non-hydrogen) atoms. The zero-order chi connectivity index (χ0) is 9.42. The van der Waals surface area contributed by atoms with Gasteiger partial charge in [0.2, 0.25) is 0 Å². The lowest BCUT2D eigenvalue weighted by Gasteiger charge is -2.25. The van der Waals surface area contributed by atoms with Gasteiger partial charge in [-0.15, -0.1) is 0 Å². The van der Waals surface area contributed by atoms with E-state index in [1.807, 2.05) is 0 Å². The molecule has 0 amide bonds. The highest BCUT2D eigenvalue weighted by Gasteiger charge is 2.23. The first kappa shape index (κ1) is 8.74. The molecule has 0 aliphatic heterocycles. The maximum absolute atomic E-state index is 10.7. The fourth-order valence-corrected chi connectivity index (χ4v) is 1.81. The van der Waals surface area contributed by atoms with Gasteiger partial charge in [-0.05, 0) is 35.2 Å². The van der Waals surface area contributed by atoms with E-state index >= 15 is 0 Å². The van der Waals surface area contributed by atoms with Gasteiger partial charge >= 0.3 is 5.97 Å². The van der Waals surface area contributed by atoms with E-state index in [4.69, 9.17) is 5.11 Å². The number of carbonyl (C=O) groups is 1. The lowest BCUT2D eigenvalue weighted by atomic mass is 9.93. The van der Waals surface area contributed by atoms with Crippen molar-refractivity contribution >= 4 is 21.9 Å². The van der Waals surface area contributed by atoms with E-state index in [0.717, 1.165) is 12.8 Å². The number of rotatable bonds is 2. The van der Waals surface area contributed by atoms with Crippen molar-refractivity contribution in [3.63, 3.8) is 0 Å². The average molecular weight is 245 g/mol. The van der Waals surface area contributed by atoms with Crippen LogP contribution in [0, 0.1) is 0 Å². The number of carboxylic acid groups (broad SMARTS) is 1. The summed E-state index contributed by atoms with van der Waals surface area (Å²) >= 11 is 3.13. The van der Waals surface area contributed by atoms with Gasteiger partial charge in [0.15, 0.2) is 0 Å². The van der Waals surface area contributed by atoms with Crippen LogP contribution in [-0.4, -0.2) is 20.9 Å². The Balaban J connectivity index is 2.28. The Kier molecular flexibility index (Phi) is 2.11. The van der Waals surface area contributed by atoms with Gasteiger partial charge < -0.3 is 5.11 Å². The van der Waals surface area contributed by atoms with Gasteiger partial charge in [-0.25, -0.2) is 4.79 Å². The zero-order valence-electron chi connectivity index (χ0n) is 6.90. The van der Waals surface area contributed by atoms with E-state index in [1.54, 1.807) is 10.9 Å². The van der Waals surface area contributed by atoms with Crippen molar-refractivity contribution in [2.75, 3.05) is 0 Å². The summed E-state index contributed by atoms with van der Waals surface area (Å²) in [6.07, 6.45) is 5.02. The second-order valence-electron chi connectivity index (χ2n) is 3.20. The Morgan fingerprint density at radius 3 is 2.77 bits per heavy atom. The molecular weight excluding hydrogens is 236 g/mol. The summed E-state index contributed by atoms with van der Waals surface area (Å²) in [6, 6.07) is 0.407. The van der Waals surface area contributed by atoms with Crippen molar-refractivity contribution in [2.45, 2.75) is 25.3 Å². The van der Waals surface area contributed by atoms with Gasteiger partial charge in [-0.2, -0.15) is 5.10 Å². The van der Waals surface area contributed by atoms with Gasteiger partial charge in [0.1, 0.15) is 10.2 Å². The van der Waals surface area contributed by atoms with Gasteiger partial charge in [0.05, 0.1) is 6.04 Å². The topological polar surface area (TPSA) is 55.1 Å². The molecule has 4 nitrogen and oxygen atoms in total. The Labute approximate surface area is 83.7 Å². The molecular formula is C8H9BrN2O2. The minimum absolute atomic E-state index is 0.242. The largest absolute Gasteiger partial charge is 0.478 e. The molecule has 1 fully saturated rings. The van der Waals surface area contributed by atoms with Crippen LogP contribution in [0.1, 0.15) is 35.7 Å². The van der Waals surface area contributed by atoms with E-state index < -0.39 is 5.97 Å². The van der Waals surface area contributed by atoms with Crippen LogP contribution in [0.25, 0.3) is 0 Å². The van der Waals surface area contributed by atoms with Gasteiger partial charge in [0.25, 0.3) is 0 Å². The van der Waals surface area contributed by atoms with Gasteiger partial charge in [0, 0.05) is 6.20 Å². The number of aromatic nitrogens is 2. The Bertz CT molecular complexity index is 344. The molecule has 0 aromatic carbocycles. The Hall–Kier alpha value is -0.840. The zero-order valence-corrected chi connectivity index (χ0v) is 8.49. The molecule has 1 aromatic rings. The number of hydrogen-bond acceptors (Lipinski definition) is 2. The quantitative estimate of drug-likeness (QED) is 0.867. The normalized spacial score (nSPS) is 17.0. The third kappa shape index (κ3) is 1.48. The van der Waals surface area contributed by atoms with Crippen molar-refractivity contribution in [1.82, 2.24) is 9.78 Å². The second-order valence-corrected chi connectivity index (χ2v) is 3.95. The second kappa shape index (κ2) is 3.14. The van der Waals surface area contributed by atoms with Crippen LogP contribution in [0.2, 0.25) is 0 Å². The molecule has 1 heterocycles. The highest BCUT2D eigenvalue weighted by molar-refractivity contribution is 9.10. The summed E-state index contributed by atoms with van der Waals surface area (Å²) in [5.74, 6) is -0.933. The molecule has 1 N–H and O–H groups in total. The van der Waals surface area contributed by atoms with Crippen molar-refractivity contribution in [3.8, 4) is 0 Å². The smallest absolute Gasteiger partial charge is 0.340 e. The predicted octanol–water partition coefficient (Wildman–Crippen LogP) is 2.07. The first-order valence-electron chi connectivity index (χ1n) is 4.16. The number of aromatic carboxylic acids is 1. The highest BCUT2D eigenvalue weighted by atomic mass is 79.9. The summed E-state index contributed by atoms with van der Waals surface area (Å²) < 4.78 is 2.17. The van der Waals surface area contributed by atoms with E-state index in [9.17, 15) is 4.79 Å². The molecule has 0 bridgehead atoms. The van der Waals surface area contributed by atoms with Crippen molar-refractivity contribution < 1.29 is 9.90 Å². The molecule has 1 saturated carbocycles. The molecule has 0 saturated heterocycles. The average Bonchev–Trinajstić information content (AvgIpc) is 2.27. The minimum atomic E-state index is -0.933. The minimum Gasteiger partial charge on any atom is -0.478 e. The van der Waals surface area contributed by atoms with Crippen LogP contribution < -0.4 is 0 Å². The van der Waals surface area contributed by atoms with Crippen molar-refractivity contribution in [3.05, 3.63) is 16.4 Å². The molecule has 5 heteroatoms. The van der Waals surface area contributed by atoms with Crippen LogP contribution >= 0.6 is 15.9 Å². The SMILES string of the molecule is O=C(O)c1cn(C2CCC2)nc1Br. The molecule has 1 aromatic heterocycles. The number of carboxylic acids is 1. The van der Waals surface area contributed by atoms with Crippen molar-refractivity contribution in [1.29, 1.82) is 0 Å². The molecule has 2 rings (SSSR count). The lowest BCUT2D eigenvalue weighted by molar-refractivity contribution is 0.0695. The summed E-state index contributed by atoms with van der Waals surface area (Å²) in [4.78, 5) is 10.7. The van der Waals surface area contributed by atoms with E-state index in [0.29, 0.717) is 10.6 Å². The van der Waals surface area contributed by atoms with Crippen LogP contribution in [0.4, 0.5) is 0 Å². The predicted molar refractivity (Wildman–Crippen MR) is 49.8 cm³/mol. The Morgan fingerprint density at radius 2 is 2.38 bits per heavy atom. The lowest BCUT2D eigenvalue weighted by Crippen LogP contribution is -2.17. The Morgan fingerprint density at radius 1 is 1.69 bits per heavy atom. The first-order valence-corrected chi connectivity index (χ1v) is 4.95. The summed E-state index contributed by atoms with van der Waals surface area (Å²) in [5, 5.41) is 12.9. The number of hydrogen-bond donors (Lipinski definition) is 1. The molecule has 70 valence electrons. The van der Waals surface area contributed by atoms with Gasteiger partial charge in [-0.3, -0.25) is 4.68 Å². The van der Waals surface area contributed by atoms with Crippen LogP contribution in [-0.2, 0) is 0 Å². The highest BCUT2D eigenvalue weighted by Crippen LogP contribution is 2.32. The summed E-state index contributed by atoms with van der Waals surface area (Å²) in [6.45, 7) is 0. The molecule has 1 aliphatic rings. The van der Waals surface area contributed by atoms with E-state index in [1.165, 1.54) is 6.42 Å². The molecule has 1 aliphatic carbocycles. The summed E-state index contributed by atoms with van der Waals surface area (Å²) in [7, 11) is 0. The van der Waals surface area contributed by atoms with Crippen LogP contribution in [0.3, 0.4) is 0 Å². The summed E-state index contributed by atoms with van der Waals surface area (Å²) in [5.41, 5.74) is 0.242. The van der Waals surface area contributed by atoms with E-state index in [2.05, 4.69) is 21.0 Å². The standard InChI is InChI=1S/C8H9BrN2O2/c9-7-6(8(12)13)4-11(10-7)5-2-1-3-5/h4-5H,1-3H2,(H,12,13). The van der Waals surface area contributed by atoms with Gasteiger partial charge in [-0.1, -0.05) is 0 Å². The van der Waals surface area contributed by atoms with Crippen LogP contribution in [0.15, 0.2) is 10.8 Å². The van der Waals surface area contributed by atoms with Crippen LogP contribution in [0.5, 0.6) is 0 Å². The third-order valence-electron chi connectivity index (χ3n) is 2.37. The third-order valence-corrected chi connectivity index (χ3v) is 2.95. The number of halogens is 1. The molecule has 0 radical (unpaired) electrons. The van der Waals surface area contributed by atoms with E-state index in [-0.39, 0.29) is 5.56 Å². The first-order chi connectivity index (χ1) is 6.18. The maximum Gasteiger partial charge on any atom is 0.340 e. The molecule has 0 spiro atoms. The fourth-order valence-electron chi connectivity index (χ4n) is 1.35.